The molecular formula is C11H16N2O. The number of rotatable bonds is 5. The van der Waals surface area contributed by atoms with Gasteiger partial charge in [0.2, 0.25) is 5.91 Å². The zero-order valence-corrected chi connectivity index (χ0v) is 8.49. The summed E-state index contributed by atoms with van der Waals surface area (Å²) in [4.78, 5) is 14.8. The monoisotopic (exact) mass is 192 g/mol. The van der Waals surface area contributed by atoms with Gasteiger partial charge in [-0.25, -0.2) is 0 Å². The molecule has 0 spiro atoms. The highest BCUT2D eigenvalue weighted by atomic mass is 16.1. The van der Waals surface area contributed by atoms with Crippen LogP contribution in [0.4, 0.5) is 0 Å². The first kappa shape index (κ1) is 10.7. The summed E-state index contributed by atoms with van der Waals surface area (Å²) in [5.41, 5.74) is 1.27. The highest BCUT2D eigenvalue weighted by Crippen LogP contribution is 1.99. The molecule has 0 unspecified atom stereocenters. The first-order valence-electron chi connectivity index (χ1n) is 4.98. The maximum atomic E-state index is 10.9. The summed E-state index contributed by atoms with van der Waals surface area (Å²) < 4.78 is 0. The molecule has 3 nitrogen and oxygen atoms in total. The second kappa shape index (κ2) is 6.13. The third-order valence-corrected chi connectivity index (χ3v) is 2.03. The van der Waals surface area contributed by atoms with Crippen LogP contribution in [0.15, 0.2) is 24.5 Å². The van der Waals surface area contributed by atoms with Crippen LogP contribution in [0, 0.1) is 0 Å². The van der Waals surface area contributed by atoms with Crippen LogP contribution in [0.5, 0.6) is 0 Å². The summed E-state index contributed by atoms with van der Waals surface area (Å²) in [5.74, 6) is 0.125. The normalized spacial score (nSPS) is 9.79. The minimum Gasteiger partial charge on any atom is -0.356 e. The second-order valence-corrected chi connectivity index (χ2v) is 3.16. The van der Waals surface area contributed by atoms with Crippen LogP contribution in [0.25, 0.3) is 0 Å². The Balaban J connectivity index is 2.13. The van der Waals surface area contributed by atoms with E-state index in [0.717, 1.165) is 19.4 Å². The number of aryl methyl sites for hydroxylation is 1. The molecule has 1 aromatic heterocycles. The van der Waals surface area contributed by atoms with Gasteiger partial charge in [-0.1, -0.05) is 6.92 Å². The number of carbonyl (C=O) groups excluding carboxylic acids is 1. The number of hydrogen-bond donors (Lipinski definition) is 1. The van der Waals surface area contributed by atoms with Gasteiger partial charge in [-0.15, -0.1) is 0 Å². The Kier molecular flexibility index (Phi) is 4.69. The van der Waals surface area contributed by atoms with Crippen molar-refractivity contribution in [1.29, 1.82) is 0 Å². The van der Waals surface area contributed by atoms with E-state index in [1.165, 1.54) is 5.56 Å². The molecule has 1 rings (SSSR count). The van der Waals surface area contributed by atoms with Crippen LogP contribution >= 0.6 is 0 Å². The van der Waals surface area contributed by atoms with E-state index < -0.39 is 0 Å². The van der Waals surface area contributed by atoms with Gasteiger partial charge in [0, 0.05) is 25.4 Å². The second-order valence-electron chi connectivity index (χ2n) is 3.16. The first-order chi connectivity index (χ1) is 6.83. The smallest absolute Gasteiger partial charge is 0.219 e. The predicted molar refractivity (Wildman–Crippen MR) is 55.9 cm³/mol. The minimum absolute atomic E-state index is 0.125. The van der Waals surface area contributed by atoms with Crippen LogP contribution < -0.4 is 5.32 Å². The van der Waals surface area contributed by atoms with Gasteiger partial charge >= 0.3 is 0 Å². The Morgan fingerprint density at radius 3 is 2.79 bits per heavy atom. The maximum Gasteiger partial charge on any atom is 0.219 e. The van der Waals surface area contributed by atoms with Crippen LogP contribution in [0.2, 0.25) is 0 Å². The lowest BCUT2D eigenvalue weighted by atomic mass is 10.1. The van der Waals surface area contributed by atoms with E-state index in [2.05, 4.69) is 10.3 Å². The van der Waals surface area contributed by atoms with Crippen molar-refractivity contribution in [2.24, 2.45) is 0 Å². The molecule has 76 valence electrons. The van der Waals surface area contributed by atoms with Crippen molar-refractivity contribution in [3.63, 3.8) is 0 Å². The molecule has 1 N–H and O–H groups in total. The Morgan fingerprint density at radius 1 is 1.43 bits per heavy atom. The Hall–Kier alpha value is -1.38. The third-order valence-electron chi connectivity index (χ3n) is 2.03. The van der Waals surface area contributed by atoms with Crippen molar-refractivity contribution in [2.45, 2.75) is 26.2 Å². The molecule has 0 saturated heterocycles. The SMILES string of the molecule is CCC(=O)NCCCc1ccncc1. The van der Waals surface area contributed by atoms with E-state index in [9.17, 15) is 4.79 Å². The average Bonchev–Trinajstić information content (AvgIpc) is 2.25. The third kappa shape index (κ3) is 4.03. The van der Waals surface area contributed by atoms with Gasteiger partial charge in [-0.3, -0.25) is 9.78 Å². The number of aromatic nitrogens is 1. The van der Waals surface area contributed by atoms with Crippen molar-refractivity contribution < 1.29 is 4.79 Å². The lowest BCUT2D eigenvalue weighted by molar-refractivity contribution is -0.120. The van der Waals surface area contributed by atoms with Crippen LogP contribution in [-0.2, 0) is 11.2 Å². The molecule has 0 aromatic carbocycles. The van der Waals surface area contributed by atoms with Gasteiger partial charge in [0.05, 0.1) is 0 Å². The van der Waals surface area contributed by atoms with Crippen LogP contribution in [0.3, 0.4) is 0 Å². The summed E-state index contributed by atoms with van der Waals surface area (Å²) in [6.07, 6.45) is 6.12. The summed E-state index contributed by atoms with van der Waals surface area (Å²) in [6, 6.07) is 4.00. The van der Waals surface area contributed by atoms with Crippen molar-refractivity contribution in [2.75, 3.05) is 6.54 Å². The fourth-order valence-corrected chi connectivity index (χ4v) is 1.19. The molecule has 3 heteroatoms. The number of nitrogens with zero attached hydrogens (tertiary/aromatic N) is 1. The molecule has 0 aliphatic carbocycles. The van der Waals surface area contributed by atoms with E-state index in [1.807, 2.05) is 19.1 Å². The van der Waals surface area contributed by atoms with Crippen LogP contribution in [0.1, 0.15) is 25.3 Å². The Morgan fingerprint density at radius 2 is 2.14 bits per heavy atom. The fraction of sp³-hybridized carbons (Fsp3) is 0.455. The van der Waals surface area contributed by atoms with Crippen molar-refractivity contribution in [1.82, 2.24) is 10.3 Å². The molecule has 0 aliphatic rings. The van der Waals surface area contributed by atoms with Gasteiger partial charge in [0.1, 0.15) is 0 Å². The van der Waals surface area contributed by atoms with E-state index in [4.69, 9.17) is 0 Å². The molecule has 0 fully saturated rings. The lowest BCUT2D eigenvalue weighted by Gasteiger charge is -2.03. The minimum atomic E-state index is 0.125. The van der Waals surface area contributed by atoms with E-state index in [-0.39, 0.29) is 5.91 Å². The van der Waals surface area contributed by atoms with E-state index >= 15 is 0 Å². The zero-order valence-electron chi connectivity index (χ0n) is 8.49. The quantitative estimate of drug-likeness (QED) is 0.719. The van der Waals surface area contributed by atoms with Crippen molar-refractivity contribution >= 4 is 5.91 Å². The molecule has 14 heavy (non-hydrogen) atoms. The number of pyridine rings is 1. The van der Waals surface area contributed by atoms with Crippen molar-refractivity contribution in [3.05, 3.63) is 30.1 Å². The summed E-state index contributed by atoms with van der Waals surface area (Å²) in [7, 11) is 0. The van der Waals surface area contributed by atoms with Gasteiger partial charge in [0.15, 0.2) is 0 Å². The molecule has 0 radical (unpaired) electrons. The van der Waals surface area contributed by atoms with E-state index in [1.54, 1.807) is 12.4 Å². The molecule has 1 aromatic rings. The number of nitrogens with one attached hydrogen (secondary N) is 1. The lowest BCUT2D eigenvalue weighted by Crippen LogP contribution is -2.23. The first-order valence-corrected chi connectivity index (χ1v) is 4.98. The molecule has 0 saturated carbocycles. The summed E-state index contributed by atoms with van der Waals surface area (Å²) >= 11 is 0. The largest absolute Gasteiger partial charge is 0.356 e. The molecule has 0 bridgehead atoms. The van der Waals surface area contributed by atoms with Crippen molar-refractivity contribution in [3.8, 4) is 0 Å². The summed E-state index contributed by atoms with van der Waals surface area (Å²) in [5, 5.41) is 2.85. The standard InChI is InChI=1S/C11H16N2O/c1-2-11(14)13-7-3-4-10-5-8-12-9-6-10/h5-6,8-9H,2-4,7H2,1H3,(H,13,14). The van der Waals surface area contributed by atoms with E-state index in [0.29, 0.717) is 6.42 Å². The zero-order chi connectivity index (χ0) is 10.2. The van der Waals surface area contributed by atoms with Crippen LogP contribution in [-0.4, -0.2) is 17.4 Å². The van der Waals surface area contributed by atoms with Gasteiger partial charge in [-0.2, -0.15) is 0 Å². The Bertz CT molecular complexity index is 272. The molecule has 0 aliphatic heterocycles. The van der Waals surface area contributed by atoms with Gasteiger partial charge in [-0.05, 0) is 30.5 Å². The average molecular weight is 192 g/mol. The number of amides is 1. The summed E-state index contributed by atoms with van der Waals surface area (Å²) in [6.45, 7) is 2.62. The highest BCUT2D eigenvalue weighted by molar-refractivity contribution is 5.75. The van der Waals surface area contributed by atoms with Gasteiger partial charge < -0.3 is 5.32 Å². The molecule has 0 atom stereocenters. The fourth-order valence-electron chi connectivity index (χ4n) is 1.19. The molecule has 1 amide bonds. The molecule has 1 heterocycles. The predicted octanol–water partition coefficient (Wildman–Crippen LogP) is 1.54. The number of carbonyl (C=O) groups is 1. The maximum absolute atomic E-state index is 10.9. The Labute approximate surface area is 84.6 Å². The topological polar surface area (TPSA) is 42.0 Å². The highest BCUT2D eigenvalue weighted by Gasteiger charge is 1.95. The van der Waals surface area contributed by atoms with Gasteiger partial charge in [0.25, 0.3) is 0 Å². The molecular weight excluding hydrogens is 176 g/mol. The number of hydrogen-bond acceptors (Lipinski definition) is 2.